The highest BCUT2D eigenvalue weighted by molar-refractivity contribution is 5.76. The van der Waals surface area contributed by atoms with Gasteiger partial charge in [0.2, 0.25) is 5.91 Å². The fraction of sp³-hybridized carbons (Fsp3) is 0.611. The Bertz CT molecular complexity index is 593. The summed E-state index contributed by atoms with van der Waals surface area (Å²) in [5.41, 5.74) is 0.932. The van der Waals surface area contributed by atoms with Crippen molar-refractivity contribution in [2.24, 2.45) is 5.92 Å². The summed E-state index contributed by atoms with van der Waals surface area (Å²) in [7, 11) is 0. The molecule has 1 aromatic rings. The van der Waals surface area contributed by atoms with E-state index in [9.17, 15) is 14.9 Å². The van der Waals surface area contributed by atoms with E-state index in [2.05, 4.69) is 5.32 Å². The Kier molecular flexibility index (Phi) is 5.45. The number of likely N-dealkylation sites (tertiary alicyclic amines) is 1. The molecule has 0 aromatic heterocycles. The van der Waals surface area contributed by atoms with Crippen LogP contribution in [0.2, 0.25) is 0 Å². The predicted octanol–water partition coefficient (Wildman–Crippen LogP) is 2.52. The molecule has 1 heterocycles. The summed E-state index contributed by atoms with van der Waals surface area (Å²) in [5, 5.41) is 14.4. The number of amides is 1. The summed E-state index contributed by atoms with van der Waals surface area (Å²) in [6.45, 7) is 2.76. The summed E-state index contributed by atoms with van der Waals surface area (Å²) in [4.78, 5) is 24.7. The van der Waals surface area contributed by atoms with Crippen molar-refractivity contribution < 1.29 is 9.72 Å². The number of piperidine rings is 1. The second-order valence-electron chi connectivity index (χ2n) is 6.93. The fourth-order valence-corrected chi connectivity index (χ4v) is 3.22. The zero-order valence-electron chi connectivity index (χ0n) is 13.9. The number of benzene rings is 1. The van der Waals surface area contributed by atoms with Crippen LogP contribution in [0.5, 0.6) is 0 Å². The molecular weight excluding hydrogens is 306 g/mol. The van der Waals surface area contributed by atoms with Crippen molar-refractivity contribution in [3.8, 4) is 0 Å². The number of rotatable bonds is 7. The van der Waals surface area contributed by atoms with E-state index in [-0.39, 0.29) is 11.6 Å². The first-order valence-corrected chi connectivity index (χ1v) is 8.86. The topological polar surface area (TPSA) is 75.5 Å². The van der Waals surface area contributed by atoms with E-state index in [1.165, 1.54) is 18.9 Å². The van der Waals surface area contributed by atoms with Crippen molar-refractivity contribution in [1.29, 1.82) is 0 Å². The van der Waals surface area contributed by atoms with Gasteiger partial charge in [-0.1, -0.05) is 12.1 Å². The molecule has 1 saturated heterocycles. The number of nitro groups is 1. The summed E-state index contributed by atoms with van der Waals surface area (Å²) in [6.07, 6.45) is 5.75. The quantitative estimate of drug-likeness (QED) is 0.615. The Morgan fingerprint density at radius 1 is 1.25 bits per heavy atom. The van der Waals surface area contributed by atoms with Gasteiger partial charge < -0.3 is 10.2 Å². The molecule has 6 heteroatoms. The molecule has 0 spiro atoms. The van der Waals surface area contributed by atoms with Crippen LogP contribution in [0.1, 0.15) is 37.7 Å². The number of hydrogen-bond acceptors (Lipinski definition) is 4. The van der Waals surface area contributed by atoms with Crippen LogP contribution >= 0.6 is 0 Å². The average Bonchev–Trinajstić information content (AvgIpc) is 3.43. The lowest BCUT2D eigenvalue weighted by molar-refractivity contribution is -0.384. The van der Waals surface area contributed by atoms with Gasteiger partial charge in [-0.15, -0.1) is 0 Å². The highest BCUT2D eigenvalue weighted by Crippen LogP contribution is 2.28. The van der Waals surface area contributed by atoms with Crippen LogP contribution < -0.4 is 5.32 Å². The predicted molar refractivity (Wildman–Crippen MR) is 91.7 cm³/mol. The molecule has 1 saturated carbocycles. The third-order valence-electron chi connectivity index (χ3n) is 4.99. The van der Waals surface area contributed by atoms with Gasteiger partial charge in [0, 0.05) is 37.7 Å². The first-order valence-electron chi connectivity index (χ1n) is 8.86. The minimum absolute atomic E-state index is 0.0856. The molecule has 2 fully saturated rings. The van der Waals surface area contributed by atoms with Gasteiger partial charge in [0.25, 0.3) is 5.69 Å². The smallest absolute Gasteiger partial charge is 0.269 e. The first-order chi connectivity index (χ1) is 11.6. The van der Waals surface area contributed by atoms with Gasteiger partial charge in [0.05, 0.1) is 4.92 Å². The van der Waals surface area contributed by atoms with Crippen molar-refractivity contribution >= 4 is 11.6 Å². The number of carbonyl (C=O) groups is 1. The molecule has 1 N–H and O–H groups in total. The summed E-state index contributed by atoms with van der Waals surface area (Å²) < 4.78 is 0. The van der Waals surface area contributed by atoms with Gasteiger partial charge in [-0.3, -0.25) is 14.9 Å². The van der Waals surface area contributed by atoms with Crippen LogP contribution in [0.3, 0.4) is 0 Å². The molecule has 3 rings (SSSR count). The van der Waals surface area contributed by atoms with E-state index in [0.717, 1.165) is 44.0 Å². The molecule has 2 aliphatic rings. The van der Waals surface area contributed by atoms with Crippen molar-refractivity contribution in [1.82, 2.24) is 10.2 Å². The van der Waals surface area contributed by atoms with Gasteiger partial charge in [-0.2, -0.15) is 0 Å². The van der Waals surface area contributed by atoms with E-state index in [1.807, 2.05) is 11.0 Å². The molecule has 6 nitrogen and oxygen atoms in total. The second kappa shape index (κ2) is 7.75. The molecule has 0 radical (unpaired) electrons. The largest absolute Gasteiger partial charge is 0.343 e. The van der Waals surface area contributed by atoms with Crippen molar-refractivity contribution in [3.05, 3.63) is 39.9 Å². The zero-order chi connectivity index (χ0) is 16.9. The van der Waals surface area contributed by atoms with Crippen LogP contribution in [-0.4, -0.2) is 41.4 Å². The maximum atomic E-state index is 12.3. The average molecular weight is 331 g/mol. The molecule has 0 atom stereocenters. The van der Waals surface area contributed by atoms with E-state index < -0.39 is 4.92 Å². The van der Waals surface area contributed by atoms with Crippen LogP contribution in [0.15, 0.2) is 24.3 Å². The normalized spacial score (nSPS) is 18.6. The number of hydrogen-bond donors (Lipinski definition) is 1. The third-order valence-corrected chi connectivity index (χ3v) is 4.99. The van der Waals surface area contributed by atoms with E-state index >= 15 is 0 Å². The number of non-ortho nitro benzene ring substituents is 1. The number of carbonyl (C=O) groups excluding carboxylic acids is 1. The molecule has 1 aliphatic heterocycles. The van der Waals surface area contributed by atoms with Crippen molar-refractivity contribution in [3.63, 3.8) is 0 Å². The maximum Gasteiger partial charge on any atom is 0.269 e. The van der Waals surface area contributed by atoms with E-state index in [0.29, 0.717) is 18.9 Å². The van der Waals surface area contributed by atoms with Gasteiger partial charge in [-0.25, -0.2) is 0 Å². The van der Waals surface area contributed by atoms with Gasteiger partial charge in [0.1, 0.15) is 0 Å². The third kappa shape index (κ3) is 4.77. The van der Waals surface area contributed by atoms with Gasteiger partial charge in [0.15, 0.2) is 0 Å². The number of nitro benzene ring substituents is 1. The molecule has 130 valence electrons. The molecule has 0 bridgehead atoms. The minimum Gasteiger partial charge on any atom is -0.343 e. The Morgan fingerprint density at radius 2 is 2.00 bits per heavy atom. The first kappa shape index (κ1) is 16.9. The van der Waals surface area contributed by atoms with E-state index in [4.69, 9.17) is 0 Å². The molecular formula is C18H25N3O3. The van der Waals surface area contributed by atoms with Gasteiger partial charge >= 0.3 is 0 Å². The number of nitrogens with one attached hydrogen (secondary N) is 1. The summed E-state index contributed by atoms with van der Waals surface area (Å²) >= 11 is 0. The van der Waals surface area contributed by atoms with Gasteiger partial charge in [-0.05, 0) is 50.1 Å². The number of aryl methyl sites for hydroxylation is 1. The SMILES string of the molecule is O=C(CCc1cccc([N+](=O)[O-])c1)N1CCC(NCC2CC2)CC1. The molecule has 24 heavy (non-hydrogen) atoms. The lowest BCUT2D eigenvalue weighted by Crippen LogP contribution is -2.45. The van der Waals surface area contributed by atoms with Crippen LogP contribution in [0.4, 0.5) is 5.69 Å². The van der Waals surface area contributed by atoms with Crippen LogP contribution in [0, 0.1) is 16.0 Å². The monoisotopic (exact) mass is 331 g/mol. The Balaban J connectivity index is 1.40. The summed E-state index contributed by atoms with van der Waals surface area (Å²) in [5.74, 6) is 1.04. The highest BCUT2D eigenvalue weighted by Gasteiger charge is 2.25. The van der Waals surface area contributed by atoms with Crippen LogP contribution in [-0.2, 0) is 11.2 Å². The Hall–Kier alpha value is -1.95. The Morgan fingerprint density at radius 3 is 2.67 bits per heavy atom. The zero-order valence-corrected chi connectivity index (χ0v) is 13.9. The Labute approximate surface area is 142 Å². The van der Waals surface area contributed by atoms with Crippen LogP contribution in [0.25, 0.3) is 0 Å². The maximum absolute atomic E-state index is 12.3. The summed E-state index contributed by atoms with van der Waals surface area (Å²) in [6, 6.07) is 7.10. The van der Waals surface area contributed by atoms with Crippen molar-refractivity contribution in [2.75, 3.05) is 19.6 Å². The minimum atomic E-state index is -0.398. The molecule has 1 aliphatic carbocycles. The highest BCUT2D eigenvalue weighted by atomic mass is 16.6. The molecule has 1 amide bonds. The number of nitrogens with zero attached hydrogens (tertiary/aromatic N) is 2. The van der Waals surface area contributed by atoms with E-state index in [1.54, 1.807) is 12.1 Å². The molecule has 0 unspecified atom stereocenters. The second-order valence-corrected chi connectivity index (χ2v) is 6.93. The lowest BCUT2D eigenvalue weighted by atomic mass is 10.0. The fourth-order valence-electron chi connectivity index (χ4n) is 3.22. The van der Waals surface area contributed by atoms with Crippen molar-refractivity contribution in [2.45, 2.75) is 44.6 Å². The standard InChI is InChI=1S/C18H25N3O3/c22-18(7-6-14-2-1-3-17(12-14)21(23)24)20-10-8-16(9-11-20)19-13-15-4-5-15/h1-3,12,15-16,19H,4-11,13H2. The molecule has 1 aromatic carbocycles. The lowest BCUT2D eigenvalue weighted by Gasteiger charge is -2.32.